The Morgan fingerprint density at radius 1 is 1.55 bits per heavy atom. The SMILES string of the molecule is O=C([O-])/C=C/CC(F)(F)CF. The van der Waals surface area contributed by atoms with E-state index in [4.69, 9.17) is 0 Å². The summed E-state index contributed by atoms with van der Waals surface area (Å²) in [6.45, 7) is -1.79. The molecule has 0 aromatic carbocycles. The summed E-state index contributed by atoms with van der Waals surface area (Å²) in [5.41, 5.74) is 0. The van der Waals surface area contributed by atoms with Gasteiger partial charge in [0, 0.05) is 6.42 Å². The highest BCUT2D eigenvalue weighted by molar-refractivity contribution is 5.77. The average molecular weight is 167 g/mol. The molecule has 0 unspecified atom stereocenters. The first kappa shape index (κ1) is 10.0. The first-order valence-corrected chi connectivity index (χ1v) is 2.79. The zero-order valence-corrected chi connectivity index (χ0v) is 5.52. The highest BCUT2D eigenvalue weighted by atomic mass is 19.3. The maximum atomic E-state index is 12.0. The van der Waals surface area contributed by atoms with Crippen molar-refractivity contribution in [1.82, 2.24) is 0 Å². The maximum Gasteiger partial charge on any atom is 0.279 e. The van der Waals surface area contributed by atoms with Gasteiger partial charge in [0.1, 0.15) is 0 Å². The fourth-order valence-corrected chi connectivity index (χ4v) is 0.382. The molecule has 0 saturated carbocycles. The van der Waals surface area contributed by atoms with E-state index in [0.29, 0.717) is 12.2 Å². The molecule has 0 atom stereocenters. The Bertz CT molecular complexity index is 165. The zero-order valence-electron chi connectivity index (χ0n) is 5.52. The van der Waals surface area contributed by atoms with Crippen molar-refractivity contribution in [2.45, 2.75) is 12.3 Å². The molecule has 0 heterocycles. The Morgan fingerprint density at radius 2 is 2.09 bits per heavy atom. The van der Waals surface area contributed by atoms with Gasteiger partial charge in [-0.15, -0.1) is 0 Å². The first-order chi connectivity index (χ1) is 4.98. The van der Waals surface area contributed by atoms with Crippen LogP contribution in [0.2, 0.25) is 0 Å². The lowest BCUT2D eigenvalue weighted by atomic mass is 10.2. The van der Waals surface area contributed by atoms with Crippen LogP contribution in [0.5, 0.6) is 0 Å². The largest absolute Gasteiger partial charge is 0.545 e. The van der Waals surface area contributed by atoms with Crippen molar-refractivity contribution in [3.8, 4) is 0 Å². The Labute approximate surface area is 61.3 Å². The number of alkyl halides is 3. The molecule has 0 N–H and O–H groups in total. The number of allylic oxidation sites excluding steroid dienone is 1. The van der Waals surface area contributed by atoms with Gasteiger partial charge in [0.15, 0.2) is 6.67 Å². The minimum absolute atomic E-state index is 0.448. The van der Waals surface area contributed by atoms with Gasteiger partial charge in [-0.3, -0.25) is 0 Å². The van der Waals surface area contributed by atoms with Crippen LogP contribution in [0.4, 0.5) is 13.2 Å². The van der Waals surface area contributed by atoms with Crippen LogP contribution in [0, 0.1) is 0 Å². The number of hydrogen-bond acceptors (Lipinski definition) is 2. The number of carbonyl (C=O) groups excluding carboxylic acids is 1. The molecule has 64 valence electrons. The standard InChI is InChI=1S/C6H7F3O2/c7-4-6(8,9)3-1-2-5(10)11/h1-2H,3-4H2,(H,10,11)/p-1/b2-1+. The van der Waals surface area contributed by atoms with Gasteiger partial charge in [-0.05, 0) is 6.08 Å². The molecule has 0 radical (unpaired) electrons. The van der Waals surface area contributed by atoms with Gasteiger partial charge in [0.05, 0.1) is 5.97 Å². The van der Waals surface area contributed by atoms with Gasteiger partial charge < -0.3 is 9.90 Å². The predicted octanol–water partition coefficient (Wildman–Crippen LogP) is 0.287. The second-order valence-electron chi connectivity index (χ2n) is 1.92. The van der Waals surface area contributed by atoms with Crippen LogP contribution in [-0.4, -0.2) is 18.6 Å². The fourth-order valence-electron chi connectivity index (χ4n) is 0.382. The molecule has 0 aromatic rings. The average Bonchev–Trinajstić information content (AvgIpc) is 1.87. The summed E-state index contributed by atoms with van der Waals surface area (Å²) < 4.78 is 35.3. The van der Waals surface area contributed by atoms with Crippen molar-refractivity contribution in [2.24, 2.45) is 0 Å². The van der Waals surface area contributed by atoms with Gasteiger partial charge in [-0.2, -0.15) is 0 Å². The second kappa shape index (κ2) is 4.00. The highest BCUT2D eigenvalue weighted by Crippen LogP contribution is 2.18. The van der Waals surface area contributed by atoms with Gasteiger partial charge in [-0.25, -0.2) is 13.2 Å². The van der Waals surface area contributed by atoms with E-state index >= 15 is 0 Å². The third-order valence-electron chi connectivity index (χ3n) is 0.866. The van der Waals surface area contributed by atoms with E-state index in [9.17, 15) is 23.1 Å². The fraction of sp³-hybridized carbons (Fsp3) is 0.500. The van der Waals surface area contributed by atoms with E-state index in [1.54, 1.807) is 0 Å². The third-order valence-corrected chi connectivity index (χ3v) is 0.866. The lowest BCUT2D eigenvalue weighted by molar-refractivity contribution is -0.297. The van der Waals surface area contributed by atoms with E-state index in [1.807, 2.05) is 0 Å². The number of aliphatic carboxylic acids is 1. The van der Waals surface area contributed by atoms with Crippen molar-refractivity contribution in [3.63, 3.8) is 0 Å². The Hall–Kier alpha value is -1.00. The lowest BCUT2D eigenvalue weighted by Gasteiger charge is -2.07. The van der Waals surface area contributed by atoms with Crippen LogP contribution in [0.3, 0.4) is 0 Å². The Morgan fingerprint density at radius 3 is 2.45 bits per heavy atom. The highest BCUT2D eigenvalue weighted by Gasteiger charge is 2.26. The second-order valence-corrected chi connectivity index (χ2v) is 1.92. The van der Waals surface area contributed by atoms with Gasteiger partial charge in [-0.1, -0.05) is 6.08 Å². The molecule has 0 spiro atoms. The van der Waals surface area contributed by atoms with Crippen molar-refractivity contribution in [1.29, 1.82) is 0 Å². The summed E-state index contributed by atoms with van der Waals surface area (Å²) in [7, 11) is 0. The van der Waals surface area contributed by atoms with Crippen LogP contribution in [0.15, 0.2) is 12.2 Å². The van der Waals surface area contributed by atoms with E-state index in [1.165, 1.54) is 0 Å². The van der Waals surface area contributed by atoms with Crippen LogP contribution < -0.4 is 5.11 Å². The van der Waals surface area contributed by atoms with Crippen molar-refractivity contribution < 1.29 is 23.1 Å². The quantitative estimate of drug-likeness (QED) is 0.564. The molecule has 0 fully saturated rings. The lowest BCUT2D eigenvalue weighted by Crippen LogP contribution is -2.20. The van der Waals surface area contributed by atoms with Gasteiger partial charge in [0.2, 0.25) is 0 Å². The predicted molar refractivity (Wildman–Crippen MR) is 29.7 cm³/mol. The molecule has 0 rings (SSSR count). The summed E-state index contributed by atoms with van der Waals surface area (Å²) >= 11 is 0. The van der Waals surface area contributed by atoms with E-state index in [2.05, 4.69) is 0 Å². The van der Waals surface area contributed by atoms with Crippen LogP contribution >= 0.6 is 0 Å². The topological polar surface area (TPSA) is 40.1 Å². The number of hydrogen-bond donors (Lipinski definition) is 0. The van der Waals surface area contributed by atoms with Crippen LogP contribution in [0.1, 0.15) is 6.42 Å². The van der Waals surface area contributed by atoms with Crippen LogP contribution in [-0.2, 0) is 4.79 Å². The van der Waals surface area contributed by atoms with E-state index in [-0.39, 0.29) is 0 Å². The summed E-state index contributed by atoms with van der Waals surface area (Å²) in [4.78, 5) is 9.64. The summed E-state index contributed by atoms with van der Waals surface area (Å²) in [6.07, 6.45) is 0.190. The number of carboxylic acids is 1. The summed E-state index contributed by atoms with van der Waals surface area (Å²) in [5, 5.41) is 9.64. The first-order valence-electron chi connectivity index (χ1n) is 2.79. The number of carboxylic acid groups (broad SMARTS) is 1. The minimum atomic E-state index is -3.47. The molecule has 0 bridgehead atoms. The number of halogens is 3. The van der Waals surface area contributed by atoms with Crippen molar-refractivity contribution in [2.75, 3.05) is 6.67 Å². The minimum Gasteiger partial charge on any atom is -0.545 e. The molecule has 0 aliphatic rings. The molecular weight excluding hydrogens is 161 g/mol. The molecule has 0 aliphatic heterocycles. The molecule has 11 heavy (non-hydrogen) atoms. The molecule has 0 amide bonds. The third kappa shape index (κ3) is 5.44. The summed E-state index contributed by atoms with van der Waals surface area (Å²) in [6, 6.07) is 0. The number of carbonyl (C=O) groups is 1. The maximum absolute atomic E-state index is 12.0. The zero-order chi connectivity index (χ0) is 8.91. The Balaban J connectivity index is 3.78. The van der Waals surface area contributed by atoms with Crippen molar-refractivity contribution in [3.05, 3.63) is 12.2 Å². The molecule has 0 aromatic heterocycles. The molecule has 0 saturated heterocycles. The van der Waals surface area contributed by atoms with Crippen LogP contribution in [0.25, 0.3) is 0 Å². The van der Waals surface area contributed by atoms with E-state index < -0.39 is 25.0 Å². The summed E-state index contributed by atoms with van der Waals surface area (Å²) in [5.74, 6) is -5.04. The molecule has 2 nitrogen and oxygen atoms in total. The smallest absolute Gasteiger partial charge is 0.279 e. The normalized spacial score (nSPS) is 12.3. The monoisotopic (exact) mass is 167 g/mol. The van der Waals surface area contributed by atoms with Crippen molar-refractivity contribution >= 4 is 5.97 Å². The van der Waals surface area contributed by atoms with E-state index in [0.717, 1.165) is 0 Å². The van der Waals surface area contributed by atoms with Gasteiger partial charge in [0.25, 0.3) is 5.92 Å². The molecule has 5 heteroatoms. The number of rotatable bonds is 4. The van der Waals surface area contributed by atoms with Gasteiger partial charge >= 0.3 is 0 Å². The molecular formula is C6H6F3O2-. The molecule has 0 aliphatic carbocycles. The Kier molecular flexibility index (Phi) is 3.64.